The van der Waals surface area contributed by atoms with Crippen LogP contribution in [0.4, 0.5) is 5.69 Å². The second-order valence-corrected chi connectivity index (χ2v) is 4.06. The van der Waals surface area contributed by atoms with Gasteiger partial charge in [-0.2, -0.15) is 9.97 Å². The lowest BCUT2D eigenvalue weighted by molar-refractivity contribution is 0.243. The highest BCUT2D eigenvalue weighted by Crippen LogP contribution is 2.29. The summed E-state index contributed by atoms with van der Waals surface area (Å²) in [4.78, 5) is 7.91. The zero-order valence-electron chi connectivity index (χ0n) is 9.48. The number of nitrogens with zero attached hydrogens (tertiary/aromatic N) is 2. The molecular weight excluding hydrogens is 206 g/mol. The van der Waals surface area contributed by atoms with Crippen molar-refractivity contribution in [2.45, 2.75) is 25.7 Å². The van der Waals surface area contributed by atoms with Gasteiger partial charge in [-0.05, 0) is 18.8 Å². The Balaban J connectivity index is 1.97. The molecule has 0 atom stereocenters. The van der Waals surface area contributed by atoms with Gasteiger partial charge in [0.05, 0.1) is 13.7 Å². The number of methoxy groups -OCH3 is 1. The maximum atomic E-state index is 5.80. The highest BCUT2D eigenvalue weighted by atomic mass is 16.5. The average Bonchev–Trinajstić information content (AvgIpc) is 2.81. The van der Waals surface area contributed by atoms with Crippen LogP contribution in [0, 0.1) is 5.92 Å². The molecule has 0 bridgehead atoms. The first-order chi connectivity index (χ1) is 7.81. The third-order valence-electron chi connectivity index (χ3n) is 2.93. The first-order valence-electron chi connectivity index (χ1n) is 5.58. The molecule has 1 aliphatic carbocycles. The number of ether oxygens (including phenoxy) is 2. The average molecular weight is 223 g/mol. The predicted molar refractivity (Wildman–Crippen MR) is 60.4 cm³/mol. The SMILES string of the molecule is COc1ncnc(OCC2CCCC2)c1N. The Bertz CT molecular complexity index is 351. The predicted octanol–water partition coefficient (Wildman–Crippen LogP) is 1.64. The van der Waals surface area contributed by atoms with Crippen molar-refractivity contribution in [2.75, 3.05) is 19.5 Å². The normalized spacial score (nSPS) is 16.3. The van der Waals surface area contributed by atoms with E-state index in [1.807, 2.05) is 0 Å². The molecule has 16 heavy (non-hydrogen) atoms. The minimum atomic E-state index is 0.372. The molecule has 0 aromatic carbocycles. The van der Waals surface area contributed by atoms with E-state index >= 15 is 0 Å². The molecule has 0 aliphatic heterocycles. The zero-order chi connectivity index (χ0) is 11.4. The molecule has 1 aromatic rings. The van der Waals surface area contributed by atoms with E-state index in [0.717, 1.165) is 0 Å². The summed E-state index contributed by atoms with van der Waals surface area (Å²) in [6.45, 7) is 0.685. The Labute approximate surface area is 95.0 Å². The van der Waals surface area contributed by atoms with E-state index in [1.165, 1.54) is 39.1 Å². The van der Waals surface area contributed by atoms with Crippen LogP contribution in [-0.2, 0) is 0 Å². The standard InChI is InChI=1S/C11H17N3O2/c1-15-10-9(12)11(14-7-13-10)16-6-8-4-2-3-5-8/h7-8H,2-6,12H2,1H3. The van der Waals surface area contributed by atoms with Gasteiger partial charge in [-0.25, -0.2) is 0 Å². The molecule has 0 spiro atoms. The fourth-order valence-corrected chi connectivity index (χ4v) is 2.02. The number of rotatable bonds is 4. The zero-order valence-corrected chi connectivity index (χ0v) is 9.48. The smallest absolute Gasteiger partial charge is 0.244 e. The van der Waals surface area contributed by atoms with Gasteiger partial charge in [-0.15, -0.1) is 0 Å². The molecule has 1 aromatic heterocycles. The topological polar surface area (TPSA) is 70.3 Å². The van der Waals surface area contributed by atoms with Crippen molar-refractivity contribution in [1.29, 1.82) is 0 Å². The highest BCUT2D eigenvalue weighted by Gasteiger charge is 2.17. The van der Waals surface area contributed by atoms with Crippen LogP contribution in [0.2, 0.25) is 0 Å². The first-order valence-corrected chi connectivity index (χ1v) is 5.58. The summed E-state index contributed by atoms with van der Waals surface area (Å²) >= 11 is 0. The molecular formula is C11H17N3O2. The largest absolute Gasteiger partial charge is 0.479 e. The van der Waals surface area contributed by atoms with Crippen molar-refractivity contribution in [1.82, 2.24) is 9.97 Å². The second kappa shape index (κ2) is 5.01. The van der Waals surface area contributed by atoms with Crippen molar-refractivity contribution in [2.24, 2.45) is 5.92 Å². The van der Waals surface area contributed by atoms with E-state index < -0.39 is 0 Å². The lowest BCUT2D eigenvalue weighted by Gasteiger charge is -2.12. The number of nitrogen functional groups attached to an aromatic ring is 1. The Morgan fingerprint density at radius 1 is 1.31 bits per heavy atom. The van der Waals surface area contributed by atoms with Crippen LogP contribution >= 0.6 is 0 Å². The number of nitrogens with two attached hydrogens (primary N) is 1. The van der Waals surface area contributed by atoms with Gasteiger partial charge in [0.2, 0.25) is 11.8 Å². The molecule has 5 nitrogen and oxygen atoms in total. The molecule has 1 fully saturated rings. The van der Waals surface area contributed by atoms with Gasteiger partial charge in [-0.1, -0.05) is 12.8 Å². The Hall–Kier alpha value is -1.52. The quantitative estimate of drug-likeness (QED) is 0.840. The summed E-state index contributed by atoms with van der Waals surface area (Å²) in [5, 5.41) is 0. The lowest BCUT2D eigenvalue weighted by atomic mass is 10.1. The van der Waals surface area contributed by atoms with Crippen LogP contribution in [0.15, 0.2) is 6.33 Å². The molecule has 0 radical (unpaired) electrons. The maximum absolute atomic E-state index is 5.80. The molecule has 2 N–H and O–H groups in total. The molecule has 1 heterocycles. The number of hydrogen-bond acceptors (Lipinski definition) is 5. The van der Waals surface area contributed by atoms with Crippen molar-refractivity contribution in [3.8, 4) is 11.8 Å². The molecule has 0 amide bonds. The Kier molecular flexibility index (Phi) is 3.44. The third-order valence-corrected chi connectivity index (χ3v) is 2.93. The van der Waals surface area contributed by atoms with Gasteiger partial charge in [0.15, 0.2) is 5.69 Å². The minimum Gasteiger partial charge on any atom is -0.479 e. The van der Waals surface area contributed by atoms with Crippen molar-refractivity contribution >= 4 is 5.69 Å². The van der Waals surface area contributed by atoms with Gasteiger partial charge in [-0.3, -0.25) is 0 Å². The van der Waals surface area contributed by atoms with E-state index in [1.54, 1.807) is 0 Å². The van der Waals surface area contributed by atoms with Crippen LogP contribution < -0.4 is 15.2 Å². The van der Waals surface area contributed by atoms with Crippen molar-refractivity contribution in [3.63, 3.8) is 0 Å². The van der Waals surface area contributed by atoms with Gasteiger partial charge in [0.25, 0.3) is 0 Å². The van der Waals surface area contributed by atoms with Gasteiger partial charge >= 0.3 is 0 Å². The van der Waals surface area contributed by atoms with Crippen LogP contribution in [0.1, 0.15) is 25.7 Å². The van der Waals surface area contributed by atoms with E-state index in [2.05, 4.69) is 9.97 Å². The summed E-state index contributed by atoms with van der Waals surface area (Å²) in [6.07, 6.45) is 6.48. The first kappa shape index (κ1) is 11.0. The van der Waals surface area contributed by atoms with E-state index in [4.69, 9.17) is 15.2 Å². The van der Waals surface area contributed by atoms with Crippen molar-refractivity contribution < 1.29 is 9.47 Å². The van der Waals surface area contributed by atoms with Crippen molar-refractivity contribution in [3.05, 3.63) is 6.33 Å². The van der Waals surface area contributed by atoms with Crippen LogP contribution in [0.25, 0.3) is 0 Å². The molecule has 1 saturated carbocycles. The summed E-state index contributed by atoms with van der Waals surface area (Å²) in [7, 11) is 1.53. The summed E-state index contributed by atoms with van der Waals surface area (Å²) in [5.74, 6) is 1.44. The molecule has 2 rings (SSSR count). The van der Waals surface area contributed by atoms with E-state index in [0.29, 0.717) is 30.0 Å². The number of anilines is 1. The monoisotopic (exact) mass is 223 g/mol. The summed E-state index contributed by atoms with van der Waals surface area (Å²) in [5.41, 5.74) is 6.18. The Morgan fingerprint density at radius 2 is 2.00 bits per heavy atom. The number of hydrogen-bond donors (Lipinski definition) is 1. The lowest BCUT2D eigenvalue weighted by Crippen LogP contribution is -2.11. The van der Waals surface area contributed by atoms with Gasteiger partial charge in [0.1, 0.15) is 6.33 Å². The van der Waals surface area contributed by atoms with Gasteiger partial charge < -0.3 is 15.2 Å². The molecule has 0 unspecified atom stereocenters. The maximum Gasteiger partial charge on any atom is 0.244 e. The van der Waals surface area contributed by atoms with Gasteiger partial charge in [0, 0.05) is 0 Å². The fraction of sp³-hybridized carbons (Fsp3) is 0.636. The summed E-state index contributed by atoms with van der Waals surface area (Å²) < 4.78 is 10.6. The van der Waals surface area contributed by atoms with E-state index in [-0.39, 0.29) is 0 Å². The minimum absolute atomic E-state index is 0.372. The molecule has 0 saturated heterocycles. The molecule has 88 valence electrons. The molecule has 5 heteroatoms. The van der Waals surface area contributed by atoms with Crippen LogP contribution in [-0.4, -0.2) is 23.7 Å². The molecule has 1 aliphatic rings. The highest BCUT2D eigenvalue weighted by molar-refractivity contribution is 5.55. The second-order valence-electron chi connectivity index (χ2n) is 4.06. The van der Waals surface area contributed by atoms with E-state index in [9.17, 15) is 0 Å². The Morgan fingerprint density at radius 3 is 2.69 bits per heavy atom. The number of aromatic nitrogens is 2. The van der Waals surface area contributed by atoms with Crippen LogP contribution in [0.5, 0.6) is 11.8 Å². The van der Waals surface area contributed by atoms with Crippen LogP contribution in [0.3, 0.4) is 0 Å². The third kappa shape index (κ3) is 2.35. The summed E-state index contributed by atoms with van der Waals surface area (Å²) in [6, 6.07) is 0. The fourth-order valence-electron chi connectivity index (χ4n) is 2.02.